The van der Waals surface area contributed by atoms with E-state index in [9.17, 15) is 27.9 Å². The van der Waals surface area contributed by atoms with Crippen molar-refractivity contribution in [3.8, 4) is 22.8 Å². The molecule has 3 rings (SSSR count). The Morgan fingerprint density at radius 3 is 2.53 bits per heavy atom. The molecule has 0 aliphatic rings. The number of nitrogens with zero attached hydrogens (tertiary/aromatic N) is 2. The van der Waals surface area contributed by atoms with Crippen molar-refractivity contribution < 1.29 is 32.5 Å². The van der Waals surface area contributed by atoms with Crippen LogP contribution in [0.2, 0.25) is 0 Å². The van der Waals surface area contributed by atoms with Crippen LogP contribution in [0.25, 0.3) is 11.3 Å². The number of alkyl halides is 3. The molecular weight excluding hydrogens is 429 g/mol. The maximum Gasteiger partial charge on any atom is 0.416 e. The lowest BCUT2D eigenvalue weighted by atomic mass is 10.1. The van der Waals surface area contributed by atoms with E-state index in [1.165, 1.54) is 44.4 Å². The van der Waals surface area contributed by atoms with Crippen LogP contribution in [0.5, 0.6) is 11.5 Å². The number of hydrogen-bond acceptors (Lipinski definition) is 6. The van der Waals surface area contributed by atoms with E-state index in [-0.39, 0.29) is 23.4 Å². The van der Waals surface area contributed by atoms with Crippen molar-refractivity contribution in [3.05, 3.63) is 75.6 Å². The molecule has 10 heteroatoms. The number of carbonyl (C=O) groups is 1. The minimum Gasteiger partial charge on any atom is -0.505 e. The zero-order chi connectivity index (χ0) is 23.5. The average Bonchev–Trinajstić information content (AvgIpc) is 2.75. The number of ether oxygens (including phenoxy) is 2. The van der Waals surface area contributed by atoms with Crippen LogP contribution in [-0.2, 0) is 17.5 Å². The summed E-state index contributed by atoms with van der Waals surface area (Å²) in [5.41, 5.74) is -2.87. The SMILES string of the molecule is CCOC(=O)c1c(O)c(-c2cccc(OC)c2)nn(Cc2ccccc2C(F)(F)F)c1=O. The summed E-state index contributed by atoms with van der Waals surface area (Å²) in [5, 5.41) is 14.7. The highest BCUT2D eigenvalue weighted by molar-refractivity contribution is 5.94. The lowest BCUT2D eigenvalue weighted by Crippen LogP contribution is -2.31. The Balaban J connectivity index is 2.24. The Morgan fingerprint density at radius 1 is 1.16 bits per heavy atom. The van der Waals surface area contributed by atoms with Crippen LogP contribution in [0.4, 0.5) is 13.2 Å². The molecule has 0 unspecified atom stereocenters. The van der Waals surface area contributed by atoms with Crippen LogP contribution in [0.15, 0.2) is 53.3 Å². The van der Waals surface area contributed by atoms with Crippen molar-refractivity contribution in [2.75, 3.05) is 13.7 Å². The summed E-state index contributed by atoms with van der Waals surface area (Å²) in [6.07, 6.45) is -4.66. The lowest BCUT2D eigenvalue weighted by Gasteiger charge is -2.16. The molecule has 0 bridgehead atoms. The molecule has 2 aromatic carbocycles. The molecule has 0 spiro atoms. The number of esters is 1. The van der Waals surface area contributed by atoms with Gasteiger partial charge in [0.1, 0.15) is 11.4 Å². The minimum atomic E-state index is -4.66. The summed E-state index contributed by atoms with van der Waals surface area (Å²) in [7, 11) is 1.42. The molecule has 1 N–H and O–H groups in total. The van der Waals surface area contributed by atoms with Gasteiger partial charge in [-0.05, 0) is 30.7 Å². The fraction of sp³-hybridized carbons (Fsp3) is 0.227. The van der Waals surface area contributed by atoms with Crippen LogP contribution in [0.3, 0.4) is 0 Å². The van der Waals surface area contributed by atoms with E-state index in [1.807, 2.05) is 0 Å². The van der Waals surface area contributed by atoms with Crippen LogP contribution >= 0.6 is 0 Å². The van der Waals surface area contributed by atoms with Gasteiger partial charge in [-0.2, -0.15) is 18.3 Å². The Kier molecular flexibility index (Phi) is 6.52. The molecule has 0 fully saturated rings. The normalized spacial score (nSPS) is 11.3. The Labute approximate surface area is 180 Å². The van der Waals surface area contributed by atoms with Crippen molar-refractivity contribution in [1.29, 1.82) is 0 Å². The molecule has 0 aliphatic carbocycles. The van der Waals surface area contributed by atoms with E-state index in [0.29, 0.717) is 10.4 Å². The highest BCUT2D eigenvalue weighted by atomic mass is 19.4. The first-order valence-electron chi connectivity index (χ1n) is 9.48. The minimum absolute atomic E-state index is 0.0779. The number of methoxy groups -OCH3 is 1. The van der Waals surface area contributed by atoms with Gasteiger partial charge < -0.3 is 14.6 Å². The van der Waals surface area contributed by atoms with E-state index in [1.54, 1.807) is 12.1 Å². The van der Waals surface area contributed by atoms with Gasteiger partial charge in [0.25, 0.3) is 5.56 Å². The van der Waals surface area contributed by atoms with Crippen LogP contribution in [0, 0.1) is 0 Å². The van der Waals surface area contributed by atoms with Crippen molar-refractivity contribution in [2.45, 2.75) is 19.6 Å². The first-order chi connectivity index (χ1) is 15.2. The second-order valence-electron chi connectivity index (χ2n) is 6.64. The molecule has 0 atom stereocenters. The van der Waals surface area contributed by atoms with Crippen LogP contribution < -0.4 is 10.3 Å². The predicted molar refractivity (Wildman–Crippen MR) is 109 cm³/mol. The second-order valence-corrected chi connectivity index (χ2v) is 6.64. The summed E-state index contributed by atoms with van der Waals surface area (Å²) in [5.74, 6) is -1.44. The maximum atomic E-state index is 13.4. The molecule has 1 heterocycles. The van der Waals surface area contributed by atoms with Gasteiger partial charge >= 0.3 is 12.1 Å². The molecule has 168 valence electrons. The Bertz CT molecular complexity index is 1200. The first kappa shape index (κ1) is 22.9. The monoisotopic (exact) mass is 448 g/mol. The van der Waals surface area contributed by atoms with Gasteiger partial charge in [-0.3, -0.25) is 4.79 Å². The quantitative estimate of drug-likeness (QED) is 0.576. The van der Waals surface area contributed by atoms with Gasteiger partial charge in [0.05, 0.1) is 25.8 Å². The second kappa shape index (κ2) is 9.13. The number of aromatic nitrogens is 2. The van der Waals surface area contributed by atoms with E-state index in [2.05, 4.69) is 5.10 Å². The highest BCUT2D eigenvalue weighted by Gasteiger charge is 2.33. The van der Waals surface area contributed by atoms with Gasteiger partial charge in [-0.15, -0.1) is 0 Å². The third-order valence-corrected chi connectivity index (χ3v) is 4.60. The largest absolute Gasteiger partial charge is 0.505 e. The van der Waals surface area contributed by atoms with E-state index in [0.717, 1.165) is 6.07 Å². The molecule has 3 aromatic rings. The maximum absolute atomic E-state index is 13.4. The topological polar surface area (TPSA) is 90.7 Å². The summed E-state index contributed by atoms with van der Waals surface area (Å²) >= 11 is 0. The fourth-order valence-electron chi connectivity index (χ4n) is 3.12. The highest BCUT2D eigenvalue weighted by Crippen LogP contribution is 2.33. The van der Waals surface area contributed by atoms with E-state index in [4.69, 9.17) is 9.47 Å². The standard InChI is InChI=1S/C22H19F3N2O5/c1-3-32-21(30)17-19(28)18(13-8-6-9-15(11-13)31-2)26-27(20(17)29)12-14-7-4-5-10-16(14)22(23,24)25/h4-11,28H,3,12H2,1-2H3. The van der Waals surface area contributed by atoms with Gasteiger partial charge in [0, 0.05) is 5.56 Å². The summed E-state index contributed by atoms with van der Waals surface area (Å²) in [4.78, 5) is 25.3. The van der Waals surface area contributed by atoms with Crippen molar-refractivity contribution in [2.24, 2.45) is 0 Å². The Hall–Kier alpha value is -3.82. The number of hydrogen-bond donors (Lipinski definition) is 1. The molecule has 0 saturated heterocycles. The zero-order valence-corrected chi connectivity index (χ0v) is 17.1. The summed E-state index contributed by atoms with van der Waals surface area (Å²) in [6.45, 7) is 0.848. The predicted octanol–water partition coefficient (Wildman–Crippen LogP) is 3.87. The lowest BCUT2D eigenvalue weighted by molar-refractivity contribution is -0.138. The van der Waals surface area contributed by atoms with Crippen LogP contribution in [0.1, 0.15) is 28.4 Å². The van der Waals surface area contributed by atoms with Gasteiger partial charge in [-0.25, -0.2) is 9.48 Å². The molecule has 0 aliphatic heterocycles. The molecule has 1 aromatic heterocycles. The molecule has 0 saturated carbocycles. The van der Waals surface area contributed by atoms with Gasteiger partial charge in [0.2, 0.25) is 0 Å². The number of carbonyl (C=O) groups excluding carboxylic acids is 1. The summed E-state index contributed by atoms with van der Waals surface area (Å²) in [6, 6.07) is 11.0. The zero-order valence-electron chi connectivity index (χ0n) is 17.1. The van der Waals surface area contributed by atoms with Gasteiger partial charge in [-0.1, -0.05) is 30.3 Å². The van der Waals surface area contributed by atoms with E-state index < -0.39 is 41.1 Å². The number of benzene rings is 2. The van der Waals surface area contributed by atoms with Crippen molar-refractivity contribution in [3.63, 3.8) is 0 Å². The average molecular weight is 448 g/mol. The first-order valence-corrected chi connectivity index (χ1v) is 9.48. The number of aromatic hydroxyl groups is 1. The molecular formula is C22H19F3N2O5. The fourth-order valence-corrected chi connectivity index (χ4v) is 3.12. The van der Waals surface area contributed by atoms with Crippen LogP contribution in [-0.4, -0.2) is 34.6 Å². The molecule has 7 nitrogen and oxygen atoms in total. The molecule has 32 heavy (non-hydrogen) atoms. The third-order valence-electron chi connectivity index (χ3n) is 4.60. The van der Waals surface area contributed by atoms with Crippen molar-refractivity contribution >= 4 is 5.97 Å². The third kappa shape index (κ3) is 4.58. The summed E-state index contributed by atoms with van der Waals surface area (Å²) < 4.78 is 51.0. The molecule has 0 radical (unpaired) electrons. The van der Waals surface area contributed by atoms with Gasteiger partial charge in [0.15, 0.2) is 11.3 Å². The van der Waals surface area contributed by atoms with Crippen molar-refractivity contribution in [1.82, 2.24) is 9.78 Å². The smallest absolute Gasteiger partial charge is 0.416 e. The molecule has 0 amide bonds. The number of halogens is 3. The number of rotatable bonds is 6. The van der Waals surface area contributed by atoms with E-state index >= 15 is 0 Å². The Morgan fingerprint density at radius 2 is 1.88 bits per heavy atom.